The van der Waals surface area contributed by atoms with Gasteiger partial charge in [0.25, 0.3) is 23.6 Å². The molecule has 5 heterocycles. The van der Waals surface area contributed by atoms with Crippen LogP contribution in [0.15, 0.2) is 66.0 Å². The first-order chi connectivity index (χ1) is 37.8. The Morgan fingerprint density at radius 3 is 2.43 bits per heavy atom. The number of aliphatic hydroxyl groups excluding tert-OH is 2. The summed E-state index contributed by atoms with van der Waals surface area (Å²) in [5, 5.41) is 34.5. The number of aliphatic hydroxyl groups is 2. The van der Waals surface area contributed by atoms with Crippen LogP contribution in [0.25, 0.3) is 0 Å². The maximum atomic E-state index is 15.4. The molecule has 18 nitrogen and oxygen atoms in total. The number of alkyl halides is 3. The van der Waals surface area contributed by atoms with Crippen LogP contribution in [-0.2, 0) is 63.9 Å². The van der Waals surface area contributed by atoms with E-state index in [4.69, 9.17) is 9.72 Å². The van der Waals surface area contributed by atoms with Gasteiger partial charge in [-0.3, -0.25) is 38.6 Å². The number of carbonyl (C=O) groups excluding carboxylic acids is 6. The van der Waals surface area contributed by atoms with Crippen molar-refractivity contribution in [1.82, 2.24) is 35.3 Å². The molecule has 8 rings (SSSR count). The molecule has 0 radical (unpaired) electrons. The Hall–Kier alpha value is -6.49. The van der Waals surface area contributed by atoms with Crippen LogP contribution >= 0.6 is 11.8 Å². The van der Waals surface area contributed by atoms with Gasteiger partial charge in [0.1, 0.15) is 36.8 Å². The highest BCUT2D eigenvalue weighted by molar-refractivity contribution is 7.99. The number of benzene rings is 2. The highest BCUT2D eigenvalue weighted by Gasteiger charge is 2.45. The van der Waals surface area contributed by atoms with Crippen LogP contribution in [0.1, 0.15) is 139 Å². The van der Waals surface area contributed by atoms with Gasteiger partial charge in [-0.2, -0.15) is 13.2 Å². The van der Waals surface area contributed by atoms with Crippen molar-refractivity contribution in [1.29, 1.82) is 0 Å². The minimum absolute atomic E-state index is 0.000477. The Balaban J connectivity index is 1.02. The van der Waals surface area contributed by atoms with Crippen molar-refractivity contribution in [2.75, 3.05) is 50.0 Å². The van der Waals surface area contributed by atoms with Gasteiger partial charge in [0.15, 0.2) is 12.4 Å². The average Bonchev–Trinajstić information content (AvgIpc) is 4.23. The molecule has 1 aliphatic carbocycles. The number of hydrogen-bond acceptors (Lipinski definition) is 13. The molecule has 424 valence electrons. The van der Waals surface area contributed by atoms with Crippen LogP contribution in [0.5, 0.6) is 5.75 Å². The number of aromatic nitrogens is 4. The number of quaternary nitrogens is 1. The number of ether oxygens (including phenoxy) is 1. The van der Waals surface area contributed by atoms with Gasteiger partial charge in [0, 0.05) is 92.7 Å². The number of imide groups is 1. The normalized spacial score (nSPS) is 19.5. The molecule has 4 aromatic rings. The van der Waals surface area contributed by atoms with E-state index < -0.39 is 35.8 Å². The number of hydrogen-bond donors (Lipinski definition) is 4. The zero-order valence-electron chi connectivity index (χ0n) is 45.1. The van der Waals surface area contributed by atoms with E-state index in [0.29, 0.717) is 77.3 Å². The van der Waals surface area contributed by atoms with Gasteiger partial charge in [-0.05, 0) is 104 Å². The van der Waals surface area contributed by atoms with Crippen LogP contribution in [0.3, 0.4) is 0 Å². The summed E-state index contributed by atoms with van der Waals surface area (Å²) < 4.78 is 54.4. The topological polar surface area (TPSA) is 226 Å². The molecule has 1 saturated heterocycles. The standard InChI is InChI=1S/C57H70F3N9O9S/c1-4-79-51-28-40(56(17-9-18-56)30-49-65-63-36-66(49)3)27-48(64-51)68-31-45-43(55(68)77)25-39(26-46(45)57(58,59)60)34-69(22-8-10-37(2)32-69)33-38-12-13-47(78-42(35-71)29-41(72)16-23-70)44(24-38)54(76)62-20-19-61-50(73)11-6-5-7-21-67-52(74)14-15-53(67)75/h12-15,24-28,35-37,41-42,70,72H,4-11,16-23,29-34H2,1-3H3,(H-,61,62,73,76)/p+1/t37-,41?,42?,69?/m0/s1. The minimum Gasteiger partial charge on any atom is -0.482 e. The van der Waals surface area contributed by atoms with Crippen molar-refractivity contribution in [3.8, 4) is 5.75 Å². The lowest BCUT2D eigenvalue weighted by molar-refractivity contribution is -0.960. The zero-order chi connectivity index (χ0) is 56.5. The lowest BCUT2D eigenvalue weighted by Gasteiger charge is -2.44. The molecule has 4 atom stereocenters. The summed E-state index contributed by atoms with van der Waals surface area (Å²) in [5.74, 6) is -0.0677. The molecular weight excluding hydrogens is 1040 g/mol. The predicted molar refractivity (Wildman–Crippen MR) is 288 cm³/mol. The Morgan fingerprint density at radius 1 is 1.00 bits per heavy atom. The number of unbranched alkanes of at least 4 members (excludes halogenated alkanes) is 2. The summed E-state index contributed by atoms with van der Waals surface area (Å²) >= 11 is 1.51. The number of halogens is 3. The number of nitrogens with zero attached hydrogens (tertiary/aromatic N) is 7. The molecule has 79 heavy (non-hydrogen) atoms. The third-order valence-corrected chi connectivity index (χ3v) is 16.5. The third-order valence-electron chi connectivity index (χ3n) is 15.7. The quantitative estimate of drug-likeness (QED) is 0.0164. The number of nitrogens with one attached hydrogen (secondary N) is 2. The van der Waals surface area contributed by atoms with E-state index in [1.807, 2.05) is 30.7 Å². The molecule has 2 fully saturated rings. The highest BCUT2D eigenvalue weighted by atomic mass is 32.2. The van der Waals surface area contributed by atoms with E-state index in [0.717, 1.165) is 48.4 Å². The lowest BCUT2D eigenvalue weighted by Crippen LogP contribution is -2.52. The average molecular weight is 1120 g/mol. The Bertz CT molecular complexity index is 2910. The van der Waals surface area contributed by atoms with Gasteiger partial charge >= 0.3 is 6.18 Å². The number of carbonyl (C=O) groups is 6. The van der Waals surface area contributed by atoms with E-state index in [2.05, 4.69) is 27.8 Å². The SMILES string of the molecule is CCSc1cc(C2(Cc3nncn3C)CCC2)cc(N2Cc3c(cc(C[N+]4(Cc5ccc(OC(C=O)CC(O)CCO)c(C(=O)NCCNC(=O)CCCCCN6C(=O)C=CC6=O)c5)CCC[C@H](C)C4)cc3C(F)(F)F)C2=O)n1. The van der Waals surface area contributed by atoms with Crippen LogP contribution in [0.2, 0.25) is 0 Å². The molecule has 2 aromatic carbocycles. The fraction of sp³-hybridized carbons (Fsp3) is 0.526. The summed E-state index contributed by atoms with van der Waals surface area (Å²) in [4.78, 5) is 84.6. The van der Waals surface area contributed by atoms with Crippen LogP contribution in [-0.4, -0.2) is 132 Å². The maximum absolute atomic E-state index is 15.4. The van der Waals surface area contributed by atoms with Crippen LogP contribution in [0.4, 0.5) is 19.0 Å². The number of aldehydes is 1. The van der Waals surface area contributed by atoms with E-state index >= 15 is 13.2 Å². The smallest absolute Gasteiger partial charge is 0.416 e. The second-order valence-electron chi connectivity index (χ2n) is 21.6. The van der Waals surface area contributed by atoms with E-state index in [9.17, 15) is 39.0 Å². The van der Waals surface area contributed by atoms with Crippen molar-refractivity contribution >= 4 is 53.4 Å². The second-order valence-corrected chi connectivity index (χ2v) is 22.9. The minimum atomic E-state index is -4.78. The van der Waals surface area contributed by atoms with Crippen molar-refractivity contribution < 1.29 is 61.4 Å². The molecule has 4 aliphatic rings. The first-order valence-corrected chi connectivity index (χ1v) is 28.3. The fourth-order valence-electron chi connectivity index (χ4n) is 11.6. The molecule has 0 spiro atoms. The van der Waals surface area contributed by atoms with E-state index in [-0.39, 0.29) is 117 Å². The molecule has 1 saturated carbocycles. The predicted octanol–water partition coefficient (Wildman–Crippen LogP) is 6.52. The molecule has 0 bridgehead atoms. The Kier molecular flexibility index (Phi) is 19.1. The maximum Gasteiger partial charge on any atom is 0.416 e. The number of aryl methyl sites for hydroxylation is 1. The Labute approximate surface area is 462 Å². The van der Waals surface area contributed by atoms with Gasteiger partial charge in [-0.15, -0.1) is 22.0 Å². The van der Waals surface area contributed by atoms with Gasteiger partial charge in [0.05, 0.1) is 41.9 Å². The fourth-order valence-corrected chi connectivity index (χ4v) is 12.2. The van der Waals surface area contributed by atoms with Gasteiger partial charge < -0.3 is 34.6 Å². The van der Waals surface area contributed by atoms with Crippen molar-refractivity contribution in [2.45, 2.75) is 139 Å². The number of thioether (sulfide) groups is 1. The zero-order valence-corrected chi connectivity index (χ0v) is 45.9. The molecule has 2 aromatic heterocycles. The van der Waals surface area contributed by atoms with Crippen molar-refractivity contribution in [3.63, 3.8) is 0 Å². The number of pyridine rings is 1. The number of likely N-dealkylation sites (tertiary alicyclic amines) is 1. The Morgan fingerprint density at radius 2 is 1.76 bits per heavy atom. The molecular formula is C57H71F3N9O9S+. The van der Waals surface area contributed by atoms with E-state index in [1.54, 1.807) is 30.6 Å². The first-order valence-electron chi connectivity index (χ1n) is 27.3. The summed E-state index contributed by atoms with van der Waals surface area (Å²) in [6.07, 6.45) is 4.33. The monoisotopic (exact) mass is 1110 g/mol. The molecule has 5 amide bonds. The van der Waals surface area contributed by atoms with Gasteiger partial charge in [-0.1, -0.05) is 26.7 Å². The van der Waals surface area contributed by atoms with Gasteiger partial charge in [-0.25, -0.2) is 4.98 Å². The second kappa shape index (κ2) is 25.7. The number of piperidine rings is 1. The van der Waals surface area contributed by atoms with Crippen molar-refractivity contribution in [3.05, 3.63) is 106 Å². The number of anilines is 1. The van der Waals surface area contributed by atoms with E-state index in [1.165, 1.54) is 34.9 Å². The summed E-state index contributed by atoms with van der Waals surface area (Å²) in [5.41, 5.74) is 0.740. The van der Waals surface area contributed by atoms with Crippen molar-refractivity contribution in [2.24, 2.45) is 13.0 Å². The van der Waals surface area contributed by atoms with Crippen LogP contribution < -0.4 is 20.3 Å². The molecule has 3 unspecified atom stereocenters. The molecule has 22 heteroatoms. The molecule has 3 aliphatic heterocycles. The number of rotatable bonds is 27. The third kappa shape index (κ3) is 14.3. The molecule has 4 N–H and O–H groups in total. The summed E-state index contributed by atoms with van der Waals surface area (Å²) in [7, 11) is 1.89. The number of amides is 5. The number of fused-ring (bicyclic) bond motifs is 1. The first kappa shape index (κ1) is 58.7. The summed E-state index contributed by atoms with van der Waals surface area (Å²) in [6, 6.07) is 11.6. The largest absolute Gasteiger partial charge is 0.482 e. The van der Waals surface area contributed by atoms with Crippen LogP contribution in [0, 0.1) is 5.92 Å². The van der Waals surface area contributed by atoms with Gasteiger partial charge in [0.2, 0.25) is 5.91 Å². The highest BCUT2D eigenvalue weighted by Crippen LogP contribution is 2.48. The lowest BCUT2D eigenvalue weighted by atomic mass is 9.62. The summed E-state index contributed by atoms with van der Waals surface area (Å²) in [6.45, 7) is 5.47.